The number of aromatic amines is 1. The summed E-state index contributed by atoms with van der Waals surface area (Å²) >= 11 is 1.51. The Morgan fingerprint density at radius 1 is 1.09 bits per heavy atom. The Morgan fingerprint density at radius 3 is 2.46 bits per heavy atom. The van der Waals surface area contributed by atoms with Gasteiger partial charge in [0.25, 0.3) is 0 Å². The number of carbonyl (C=O) groups is 2. The van der Waals surface area contributed by atoms with Gasteiger partial charge in [-0.15, -0.1) is 0 Å². The molecule has 0 aliphatic carbocycles. The van der Waals surface area contributed by atoms with Gasteiger partial charge in [0.1, 0.15) is 12.4 Å². The molecule has 7 nitrogen and oxygen atoms in total. The number of hydrogen-bond donors (Lipinski definition) is 2. The lowest BCUT2D eigenvalue weighted by Crippen LogP contribution is -2.32. The van der Waals surface area contributed by atoms with Crippen molar-refractivity contribution in [2.45, 2.75) is 26.2 Å². The first-order valence-corrected chi connectivity index (χ1v) is 12.1. The van der Waals surface area contributed by atoms with Crippen LogP contribution in [0.25, 0.3) is 6.08 Å². The van der Waals surface area contributed by atoms with Crippen LogP contribution in [-0.2, 0) is 25.5 Å². The predicted molar refractivity (Wildman–Crippen MR) is 135 cm³/mol. The maximum absolute atomic E-state index is 13.2. The minimum atomic E-state index is -0.548. The fourth-order valence-electron chi connectivity index (χ4n) is 4.14. The summed E-state index contributed by atoms with van der Waals surface area (Å²) in [7, 11) is 1.34. The minimum Gasteiger partial charge on any atom is -0.466 e. The quantitative estimate of drug-likeness (QED) is 0.445. The number of carbonyl (C=O) groups excluding carboxylic acids is 2. The topological polar surface area (TPSA) is 93.3 Å². The molecule has 1 aliphatic rings. The summed E-state index contributed by atoms with van der Waals surface area (Å²) in [5.74, 6) is -0.575. The molecule has 3 heterocycles. The number of dihydropyridines is 1. The van der Waals surface area contributed by atoms with Gasteiger partial charge in [-0.2, -0.15) is 11.3 Å². The van der Waals surface area contributed by atoms with Gasteiger partial charge >= 0.3 is 11.9 Å². The molecule has 2 N–H and O–H groups in total. The van der Waals surface area contributed by atoms with Crippen LogP contribution in [0.4, 0.5) is 0 Å². The Bertz CT molecular complexity index is 1270. The number of rotatable bonds is 8. The Balaban J connectivity index is 1.43. The molecular formula is C27H27N3O4S. The second-order valence-corrected chi connectivity index (χ2v) is 8.92. The van der Waals surface area contributed by atoms with Crippen LogP contribution in [0.5, 0.6) is 0 Å². The molecule has 0 spiro atoms. The SMILES string of the molecule is COC(=O)C1=C(C)NC(C)=C(C(=O)OCC=Cc2ccc(Cc3ncc[nH]3)cc2)C1c1ccsc1. The van der Waals surface area contributed by atoms with E-state index < -0.39 is 17.9 Å². The molecule has 2 aromatic heterocycles. The number of methoxy groups -OCH3 is 1. The number of H-pyrrole nitrogens is 1. The molecule has 0 bridgehead atoms. The molecule has 0 saturated carbocycles. The summed E-state index contributed by atoms with van der Waals surface area (Å²) in [4.78, 5) is 33.1. The number of nitrogens with zero attached hydrogens (tertiary/aromatic N) is 1. The fraction of sp³-hybridized carbons (Fsp3) is 0.222. The monoisotopic (exact) mass is 489 g/mol. The molecule has 1 aliphatic heterocycles. The van der Waals surface area contributed by atoms with Crippen LogP contribution in [0.15, 0.2) is 82.1 Å². The molecule has 1 atom stereocenters. The van der Waals surface area contributed by atoms with Crippen molar-refractivity contribution in [3.8, 4) is 0 Å². The van der Waals surface area contributed by atoms with Gasteiger partial charge in [-0.05, 0) is 53.4 Å². The summed E-state index contributed by atoms with van der Waals surface area (Å²) in [6, 6.07) is 10.0. The van der Waals surface area contributed by atoms with E-state index in [-0.39, 0.29) is 6.61 Å². The van der Waals surface area contributed by atoms with E-state index in [9.17, 15) is 9.59 Å². The van der Waals surface area contributed by atoms with Crippen LogP contribution in [0, 0.1) is 0 Å². The third-order valence-corrected chi connectivity index (χ3v) is 6.49. The number of imidazole rings is 1. The van der Waals surface area contributed by atoms with Crippen molar-refractivity contribution in [1.29, 1.82) is 0 Å². The highest BCUT2D eigenvalue weighted by Gasteiger charge is 2.37. The zero-order chi connectivity index (χ0) is 24.8. The van der Waals surface area contributed by atoms with Gasteiger partial charge in [-0.3, -0.25) is 0 Å². The number of thiophene rings is 1. The van der Waals surface area contributed by atoms with Crippen molar-refractivity contribution in [2.24, 2.45) is 0 Å². The summed E-state index contributed by atoms with van der Waals surface area (Å²) in [6.45, 7) is 3.73. The Kier molecular flexibility index (Phi) is 7.62. The molecule has 180 valence electrons. The first-order chi connectivity index (χ1) is 17.0. The van der Waals surface area contributed by atoms with Crippen LogP contribution < -0.4 is 5.32 Å². The highest BCUT2D eigenvalue weighted by Crippen LogP contribution is 2.39. The summed E-state index contributed by atoms with van der Waals surface area (Å²) in [5.41, 5.74) is 5.15. The summed E-state index contributed by atoms with van der Waals surface area (Å²) < 4.78 is 10.6. The first kappa shape index (κ1) is 24.2. The maximum atomic E-state index is 13.2. The molecule has 0 fully saturated rings. The smallest absolute Gasteiger partial charge is 0.337 e. The standard InChI is InChI=1S/C27H27N3O4S/c1-17-23(26(31)33-3)25(21-10-14-35-16-21)24(18(2)30-17)27(32)34-13-4-5-19-6-8-20(9-7-19)15-22-28-11-12-29-22/h4-12,14,16,25,30H,13,15H2,1-3H3,(H,28,29). The number of nitrogens with one attached hydrogen (secondary N) is 2. The van der Waals surface area contributed by atoms with E-state index in [4.69, 9.17) is 9.47 Å². The highest BCUT2D eigenvalue weighted by molar-refractivity contribution is 7.08. The second kappa shape index (κ2) is 11.0. The summed E-state index contributed by atoms with van der Waals surface area (Å²) in [6.07, 6.45) is 8.00. The van der Waals surface area contributed by atoms with E-state index in [1.165, 1.54) is 18.4 Å². The van der Waals surface area contributed by atoms with Crippen molar-refractivity contribution < 1.29 is 19.1 Å². The number of allylic oxidation sites excluding steroid dienone is 2. The Labute approximate surface area is 208 Å². The normalized spacial score (nSPS) is 15.9. The van der Waals surface area contributed by atoms with Gasteiger partial charge in [0.2, 0.25) is 0 Å². The molecule has 0 saturated heterocycles. The fourth-order valence-corrected chi connectivity index (χ4v) is 4.82. The third-order valence-electron chi connectivity index (χ3n) is 5.79. The molecule has 35 heavy (non-hydrogen) atoms. The van der Waals surface area contributed by atoms with Crippen molar-refractivity contribution >= 4 is 29.4 Å². The van der Waals surface area contributed by atoms with Gasteiger partial charge in [0.05, 0.1) is 24.2 Å². The minimum absolute atomic E-state index is 0.108. The van der Waals surface area contributed by atoms with Gasteiger partial charge in [-0.25, -0.2) is 14.6 Å². The van der Waals surface area contributed by atoms with Crippen LogP contribution in [0.3, 0.4) is 0 Å². The van der Waals surface area contributed by atoms with E-state index >= 15 is 0 Å². The zero-order valence-corrected chi connectivity index (χ0v) is 20.6. The lowest BCUT2D eigenvalue weighted by molar-refractivity contribution is -0.138. The average molecular weight is 490 g/mol. The van der Waals surface area contributed by atoms with Gasteiger partial charge in [0.15, 0.2) is 0 Å². The maximum Gasteiger partial charge on any atom is 0.337 e. The molecule has 1 unspecified atom stereocenters. The lowest BCUT2D eigenvalue weighted by Gasteiger charge is -2.29. The first-order valence-electron chi connectivity index (χ1n) is 11.2. The summed E-state index contributed by atoms with van der Waals surface area (Å²) in [5, 5.41) is 6.99. The second-order valence-electron chi connectivity index (χ2n) is 8.14. The molecule has 0 radical (unpaired) electrons. The van der Waals surface area contributed by atoms with E-state index in [1.807, 2.05) is 60.3 Å². The van der Waals surface area contributed by atoms with Crippen molar-refractivity contribution in [2.75, 3.05) is 13.7 Å². The van der Waals surface area contributed by atoms with E-state index in [0.717, 1.165) is 28.9 Å². The van der Waals surface area contributed by atoms with Gasteiger partial charge < -0.3 is 19.8 Å². The van der Waals surface area contributed by atoms with Crippen LogP contribution in [-0.4, -0.2) is 35.6 Å². The van der Waals surface area contributed by atoms with Crippen molar-refractivity contribution in [1.82, 2.24) is 15.3 Å². The van der Waals surface area contributed by atoms with Gasteiger partial charge in [-0.1, -0.05) is 30.3 Å². The third kappa shape index (κ3) is 5.60. The van der Waals surface area contributed by atoms with E-state index in [2.05, 4.69) is 15.3 Å². The number of esters is 2. The lowest BCUT2D eigenvalue weighted by atomic mass is 9.81. The molecule has 0 amide bonds. The molecule has 4 rings (SSSR count). The molecule has 1 aromatic carbocycles. The molecular weight excluding hydrogens is 462 g/mol. The number of hydrogen-bond acceptors (Lipinski definition) is 7. The molecule has 3 aromatic rings. The average Bonchev–Trinajstić information content (AvgIpc) is 3.56. The Hall–Kier alpha value is -3.91. The highest BCUT2D eigenvalue weighted by atomic mass is 32.1. The number of aromatic nitrogens is 2. The van der Waals surface area contributed by atoms with Crippen LogP contribution in [0.2, 0.25) is 0 Å². The van der Waals surface area contributed by atoms with Crippen molar-refractivity contribution in [3.05, 3.63) is 105 Å². The Morgan fingerprint density at radius 2 is 1.83 bits per heavy atom. The zero-order valence-electron chi connectivity index (χ0n) is 19.8. The van der Waals surface area contributed by atoms with E-state index in [0.29, 0.717) is 22.5 Å². The van der Waals surface area contributed by atoms with Gasteiger partial charge in [0, 0.05) is 30.2 Å². The van der Waals surface area contributed by atoms with Crippen LogP contribution >= 0.6 is 11.3 Å². The number of benzene rings is 1. The van der Waals surface area contributed by atoms with E-state index in [1.54, 1.807) is 19.2 Å². The number of ether oxygens (including phenoxy) is 2. The molecule has 8 heteroatoms. The van der Waals surface area contributed by atoms with Crippen molar-refractivity contribution in [3.63, 3.8) is 0 Å². The largest absolute Gasteiger partial charge is 0.466 e. The predicted octanol–water partition coefficient (Wildman–Crippen LogP) is 4.73. The van der Waals surface area contributed by atoms with Crippen LogP contribution in [0.1, 0.15) is 42.3 Å².